The Hall–Kier alpha value is 2.13. The van der Waals surface area contributed by atoms with Gasteiger partial charge in [-0.1, -0.05) is 0 Å². The van der Waals surface area contributed by atoms with E-state index in [0.29, 0.717) is 0 Å². The Morgan fingerprint density at radius 1 is 1.38 bits per heavy atom. The first-order valence-corrected chi connectivity index (χ1v) is 5.04. The van der Waals surface area contributed by atoms with Gasteiger partial charge in [0.25, 0.3) is 0 Å². The molecule has 0 spiro atoms. The quantitative estimate of drug-likeness (QED) is 0.286. The van der Waals surface area contributed by atoms with Crippen molar-refractivity contribution in [1.82, 2.24) is 0 Å². The van der Waals surface area contributed by atoms with Gasteiger partial charge in [0, 0.05) is 4.57 Å². The third-order valence-electron chi connectivity index (χ3n) is 0.297. The predicted octanol–water partition coefficient (Wildman–Crippen LogP) is -6.02. The molecule has 0 saturated carbocycles. The molecule has 0 amide bonds. The van der Waals surface area contributed by atoms with Gasteiger partial charge in [0.1, 0.15) is 0 Å². The minimum Gasteiger partial charge on any atom is -1.00 e. The van der Waals surface area contributed by atoms with Crippen molar-refractivity contribution < 1.29 is 95.2 Å². The summed E-state index contributed by atoms with van der Waals surface area (Å²) in [6.45, 7) is 1.56. The average molecular weight is 255 g/mol. The van der Waals surface area contributed by atoms with Gasteiger partial charge in [-0.15, -0.1) is 9.79 Å². The van der Waals surface area contributed by atoms with Crippen LogP contribution in [0.15, 0.2) is 0 Å². The number of rotatable bonds is 2. The first-order valence-electron chi connectivity index (χ1n) is 2.34. The summed E-state index contributed by atoms with van der Waals surface area (Å²) in [5.41, 5.74) is 0. The van der Waals surface area contributed by atoms with E-state index in [1.165, 1.54) is 6.92 Å². The Balaban J connectivity index is -0.0000000230. The molecule has 13 heavy (non-hydrogen) atoms. The molecule has 0 aromatic rings. The summed E-state index contributed by atoms with van der Waals surface area (Å²) in [5.74, 6) is 0. The number of hydrogen-bond acceptors (Lipinski definition) is 3. The van der Waals surface area contributed by atoms with E-state index in [9.17, 15) is 4.57 Å². The van der Waals surface area contributed by atoms with E-state index >= 15 is 0 Å². The Bertz CT molecular complexity index is 161. The van der Waals surface area contributed by atoms with Gasteiger partial charge in [-0.25, -0.2) is 4.57 Å². The minimum atomic E-state index is -4.17. The van der Waals surface area contributed by atoms with Gasteiger partial charge in [0.05, 0.1) is 6.61 Å². The second-order valence-electron chi connectivity index (χ2n) is 1.16. The maximum Gasteiger partial charge on any atom is 1.00 e. The molecule has 0 aliphatic carbocycles. The van der Waals surface area contributed by atoms with E-state index in [-0.39, 0.29) is 68.6 Å². The van der Waals surface area contributed by atoms with E-state index in [0.717, 1.165) is 0 Å². The van der Waals surface area contributed by atoms with Crippen molar-refractivity contribution in [1.29, 1.82) is 0 Å². The van der Waals surface area contributed by atoms with Crippen LogP contribution in [0.4, 0.5) is 0 Å². The van der Waals surface area contributed by atoms with Gasteiger partial charge in [-0.3, -0.25) is 4.52 Å². The van der Waals surface area contributed by atoms with Crippen molar-refractivity contribution in [2.24, 2.45) is 0 Å². The zero-order chi connectivity index (χ0) is 9.49. The molecule has 0 atom stereocenters. The smallest absolute Gasteiger partial charge is 1.00 e. The van der Waals surface area contributed by atoms with Crippen LogP contribution in [0.3, 0.4) is 0 Å². The molecule has 0 aromatic heterocycles. The predicted molar refractivity (Wildman–Crippen MR) is 37.9 cm³/mol. The molecule has 0 aromatic carbocycles. The first-order chi connectivity index (χ1) is 4.79. The maximum absolute atomic E-state index is 9.70. The molecule has 4 N–H and O–H groups in total. The van der Waals surface area contributed by atoms with Gasteiger partial charge >= 0.3 is 75.2 Å². The average Bonchev–Trinajstić information content (AvgIpc) is 1.58. The van der Waals surface area contributed by atoms with Crippen LogP contribution in [0.5, 0.6) is 0 Å². The van der Waals surface area contributed by atoms with Crippen LogP contribution in [0, 0.1) is 0 Å². The third kappa shape index (κ3) is 55.3. The molecular formula is C2H11Na2O7P2+. The van der Waals surface area contributed by atoms with Crippen LogP contribution in [0.1, 0.15) is 9.78 Å². The summed E-state index contributed by atoms with van der Waals surface area (Å²) in [7, 11) is -7.04. The van der Waals surface area contributed by atoms with Crippen LogP contribution in [-0.2, 0) is 13.7 Å². The summed E-state index contributed by atoms with van der Waals surface area (Å²) in [6.07, 6.45) is 0. The fourth-order valence-electron chi connectivity index (χ4n) is 0.168. The first kappa shape index (κ1) is 24.4. The van der Waals surface area contributed by atoms with Gasteiger partial charge in [0.15, 0.2) is 0 Å². The van der Waals surface area contributed by atoms with Crippen molar-refractivity contribution >= 4 is 16.1 Å². The minimum absolute atomic E-state index is 0. The fourth-order valence-corrected chi connectivity index (χ4v) is 0.505. The Labute approximate surface area is 124 Å². The second-order valence-corrected chi connectivity index (χ2v) is 2.91. The zero-order valence-electron chi connectivity index (χ0n) is 9.62. The summed E-state index contributed by atoms with van der Waals surface area (Å²) >= 11 is 0. The van der Waals surface area contributed by atoms with Crippen LogP contribution >= 0.6 is 16.1 Å². The Morgan fingerprint density at radius 3 is 1.62 bits per heavy atom. The number of phosphoric ester groups is 1. The van der Waals surface area contributed by atoms with E-state index < -0.39 is 16.1 Å². The molecule has 0 rings (SSSR count). The summed E-state index contributed by atoms with van der Waals surface area (Å²) in [4.78, 5) is 30.1. The van der Waals surface area contributed by atoms with Gasteiger partial charge < -0.3 is 12.6 Å². The molecule has 72 valence electrons. The Morgan fingerprint density at radius 2 is 1.62 bits per heavy atom. The SMILES string of the molecule is CCOP(=O)(O)O.O=[P+](O)O.[H-].[H-].[Na+].[Na+]. The van der Waals surface area contributed by atoms with Gasteiger partial charge in [0.2, 0.25) is 0 Å². The molecule has 0 radical (unpaired) electrons. The largest absolute Gasteiger partial charge is 1.00 e. The molecule has 0 fully saturated rings. The zero-order valence-corrected chi connectivity index (χ0v) is 13.4. The summed E-state index contributed by atoms with van der Waals surface area (Å²) in [5, 5.41) is 0. The van der Waals surface area contributed by atoms with Crippen molar-refractivity contribution in [3.05, 3.63) is 0 Å². The van der Waals surface area contributed by atoms with E-state index in [2.05, 4.69) is 4.52 Å². The van der Waals surface area contributed by atoms with Crippen molar-refractivity contribution in [3.63, 3.8) is 0 Å². The van der Waals surface area contributed by atoms with Crippen molar-refractivity contribution in [2.45, 2.75) is 6.92 Å². The standard InChI is InChI=1S/C2H7O4P.2Na.HO3P.2H/c1-2-6-7(3,4)5;;;1-4(2)3;;/h2H2,1H3,(H2,3,4,5);;;(H-,1,2,3);;/q;2*+1;;2*-1/p+1. The summed E-state index contributed by atoms with van der Waals surface area (Å²) < 4.78 is 22.3. The van der Waals surface area contributed by atoms with E-state index in [1.807, 2.05) is 0 Å². The molecule has 0 unspecified atom stereocenters. The van der Waals surface area contributed by atoms with Crippen LogP contribution < -0.4 is 59.1 Å². The van der Waals surface area contributed by atoms with E-state index in [4.69, 9.17) is 24.1 Å². The molecule has 0 aliphatic rings. The van der Waals surface area contributed by atoms with Crippen LogP contribution in [0.25, 0.3) is 0 Å². The van der Waals surface area contributed by atoms with E-state index in [1.54, 1.807) is 0 Å². The molecule has 0 heterocycles. The molecular weight excluding hydrogens is 244 g/mol. The van der Waals surface area contributed by atoms with Crippen LogP contribution in [0.2, 0.25) is 0 Å². The molecule has 0 aliphatic heterocycles. The molecule has 0 saturated heterocycles. The molecule has 11 heteroatoms. The molecule has 0 bridgehead atoms. The maximum atomic E-state index is 9.70. The second kappa shape index (κ2) is 14.1. The topological polar surface area (TPSA) is 124 Å². The van der Waals surface area contributed by atoms with Gasteiger partial charge in [-0.05, 0) is 6.92 Å². The van der Waals surface area contributed by atoms with Crippen molar-refractivity contribution in [3.8, 4) is 0 Å². The monoisotopic (exact) mass is 255 g/mol. The number of phosphoric acid groups is 1. The normalized spacial score (nSPS) is 8.38. The summed E-state index contributed by atoms with van der Waals surface area (Å²) in [6, 6.07) is 0. The fraction of sp³-hybridized carbons (Fsp3) is 1.00. The van der Waals surface area contributed by atoms with Crippen molar-refractivity contribution in [2.75, 3.05) is 6.61 Å². The van der Waals surface area contributed by atoms with Gasteiger partial charge in [-0.2, -0.15) is 0 Å². The van der Waals surface area contributed by atoms with Crippen LogP contribution in [-0.4, -0.2) is 26.2 Å². The molecule has 7 nitrogen and oxygen atoms in total. The Kier molecular flexibility index (Phi) is 26.5. The third-order valence-corrected chi connectivity index (χ3v) is 0.892. The number of hydrogen-bond donors (Lipinski definition) is 4.